The van der Waals surface area contributed by atoms with Crippen LogP contribution < -0.4 is 10.5 Å². The Morgan fingerprint density at radius 2 is 2.07 bits per heavy atom. The lowest BCUT2D eigenvalue weighted by Crippen LogP contribution is -1.94. The van der Waals surface area contributed by atoms with E-state index in [-0.39, 0.29) is 0 Å². The summed E-state index contributed by atoms with van der Waals surface area (Å²) in [6, 6.07) is 3.90. The van der Waals surface area contributed by atoms with Gasteiger partial charge in [0.05, 0.1) is 18.3 Å². The summed E-state index contributed by atoms with van der Waals surface area (Å²) < 4.78 is 8.41. The van der Waals surface area contributed by atoms with Crippen molar-refractivity contribution in [2.45, 2.75) is 6.92 Å². The number of ether oxygens (including phenoxy) is 1. The second-order valence-electron chi connectivity index (χ2n) is 3.57. The Hall–Kier alpha value is -1.16. The van der Waals surface area contributed by atoms with Gasteiger partial charge >= 0.3 is 0 Å². The molecule has 2 rings (SSSR count). The first-order valence-electron chi connectivity index (χ1n) is 4.64. The first-order chi connectivity index (χ1) is 7.06. The Balaban J connectivity index is 2.88. The number of halogens is 1. The van der Waals surface area contributed by atoms with Crippen molar-refractivity contribution in [3.63, 3.8) is 0 Å². The van der Waals surface area contributed by atoms with E-state index >= 15 is 0 Å². The lowest BCUT2D eigenvalue weighted by atomic mass is 10.2. The van der Waals surface area contributed by atoms with Gasteiger partial charge in [-0.2, -0.15) is 0 Å². The molecule has 1 aromatic heterocycles. The molecule has 0 radical (unpaired) electrons. The summed E-state index contributed by atoms with van der Waals surface area (Å²) in [4.78, 5) is 0. The van der Waals surface area contributed by atoms with Crippen LogP contribution in [0, 0.1) is 6.92 Å². The highest BCUT2D eigenvalue weighted by Gasteiger charge is 2.12. The Kier molecular flexibility index (Phi) is 2.38. The van der Waals surface area contributed by atoms with E-state index in [4.69, 9.17) is 10.5 Å². The minimum Gasteiger partial charge on any atom is -0.495 e. The standard InChI is InChI=1S/C11H13BrN2O/c1-6-11(12)7-4-8(13)10(15-3)5-9(7)14(6)2/h4-5H,13H2,1-3H3. The van der Waals surface area contributed by atoms with Crippen molar-refractivity contribution in [3.8, 4) is 5.75 Å². The number of hydrogen-bond donors (Lipinski definition) is 1. The quantitative estimate of drug-likeness (QED) is 0.809. The maximum absolute atomic E-state index is 5.87. The number of methoxy groups -OCH3 is 1. The largest absolute Gasteiger partial charge is 0.495 e. The summed E-state index contributed by atoms with van der Waals surface area (Å²) in [5.74, 6) is 0.718. The molecule has 3 nitrogen and oxygen atoms in total. The molecule has 0 unspecified atom stereocenters. The number of aromatic nitrogens is 1. The first kappa shape index (κ1) is 10.4. The van der Waals surface area contributed by atoms with E-state index in [1.165, 1.54) is 5.69 Å². The van der Waals surface area contributed by atoms with Crippen molar-refractivity contribution >= 4 is 32.5 Å². The van der Waals surface area contributed by atoms with E-state index in [1.54, 1.807) is 7.11 Å². The van der Waals surface area contributed by atoms with Gasteiger partial charge in [-0.1, -0.05) is 0 Å². The fraction of sp³-hybridized carbons (Fsp3) is 0.273. The Bertz CT molecular complexity index is 531. The summed E-state index contributed by atoms with van der Waals surface area (Å²) in [7, 11) is 3.65. The molecule has 80 valence electrons. The van der Waals surface area contributed by atoms with E-state index < -0.39 is 0 Å². The smallest absolute Gasteiger partial charge is 0.143 e. The zero-order chi connectivity index (χ0) is 11.2. The van der Waals surface area contributed by atoms with Crippen LogP contribution >= 0.6 is 15.9 Å². The Morgan fingerprint density at radius 3 is 2.67 bits per heavy atom. The van der Waals surface area contributed by atoms with Gasteiger partial charge < -0.3 is 15.0 Å². The molecule has 0 aliphatic rings. The fourth-order valence-electron chi connectivity index (χ4n) is 1.74. The third kappa shape index (κ3) is 1.40. The maximum Gasteiger partial charge on any atom is 0.143 e. The minimum absolute atomic E-state index is 0.663. The summed E-state index contributed by atoms with van der Waals surface area (Å²) in [5, 5.41) is 1.12. The number of fused-ring (bicyclic) bond motifs is 1. The van der Waals surface area contributed by atoms with Crippen LogP contribution in [0.2, 0.25) is 0 Å². The Labute approximate surface area is 96.9 Å². The third-order valence-electron chi connectivity index (χ3n) is 2.77. The van der Waals surface area contributed by atoms with Crippen LogP contribution in [0.1, 0.15) is 5.69 Å². The lowest BCUT2D eigenvalue weighted by molar-refractivity contribution is 0.417. The topological polar surface area (TPSA) is 40.2 Å². The number of rotatable bonds is 1. The van der Waals surface area contributed by atoms with E-state index in [0.29, 0.717) is 5.69 Å². The number of benzene rings is 1. The van der Waals surface area contributed by atoms with Gasteiger partial charge in [0, 0.05) is 28.7 Å². The number of anilines is 1. The molecule has 2 N–H and O–H groups in total. The van der Waals surface area contributed by atoms with Crippen molar-refractivity contribution in [3.05, 3.63) is 22.3 Å². The van der Waals surface area contributed by atoms with Crippen LogP contribution in [0.3, 0.4) is 0 Å². The Morgan fingerprint density at radius 1 is 1.40 bits per heavy atom. The highest BCUT2D eigenvalue weighted by atomic mass is 79.9. The van der Waals surface area contributed by atoms with Gasteiger partial charge in [0.1, 0.15) is 5.75 Å². The molecule has 0 aliphatic heterocycles. The normalized spacial score (nSPS) is 10.9. The van der Waals surface area contributed by atoms with Crippen molar-refractivity contribution in [1.82, 2.24) is 4.57 Å². The van der Waals surface area contributed by atoms with Crippen molar-refractivity contribution in [1.29, 1.82) is 0 Å². The average molecular weight is 269 g/mol. The molecule has 15 heavy (non-hydrogen) atoms. The third-order valence-corrected chi connectivity index (χ3v) is 3.77. The van der Waals surface area contributed by atoms with Gasteiger partial charge in [0.2, 0.25) is 0 Å². The summed E-state index contributed by atoms with van der Waals surface area (Å²) in [5.41, 5.74) is 8.83. The molecule has 0 aliphatic carbocycles. The number of hydrogen-bond acceptors (Lipinski definition) is 2. The van der Waals surface area contributed by atoms with Gasteiger partial charge in [0.15, 0.2) is 0 Å². The molecule has 0 atom stereocenters. The summed E-state index contributed by atoms with van der Waals surface area (Å²) >= 11 is 3.57. The molecule has 0 amide bonds. The highest BCUT2D eigenvalue weighted by Crippen LogP contribution is 2.35. The van der Waals surface area contributed by atoms with E-state index in [0.717, 1.165) is 21.1 Å². The summed E-state index contributed by atoms with van der Waals surface area (Å²) in [6.45, 7) is 2.06. The molecular weight excluding hydrogens is 256 g/mol. The SMILES string of the molecule is COc1cc2c(cc1N)c(Br)c(C)n2C. The minimum atomic E-state index is 0.663. The van der Waals surface area contributed by atoms with E-state index in [2.05, 4.69) is 27.4 Å². The predicted molar refractivity (Wildman–Crippen MR) is 66.3 cm³/mol. The zero-order valence-corrected chi connectivity index (χ0v) is 10.6. The van der Waals surface area contributed by atoms with Crippen molar-refractivity contribution in [2.24, 2.45) is 7.05 Å². The lowest BCUT2D eigenvalue weighted by Gasteiger charge is -2.05. The van der Waals surface area contributed by atoms with Crippen molar-refractivity contribution in [2.75, 3.05) is 12.8 Å². The number of nitrogens with zero attached hydrogens (tertiary/aromatic N) is 1. The summed E-state index contributed by atoms with van der Waals surface area (Å²) in [6.07, 6.45) is 0. The van der Waals surface area contributed by atoms with Crippen molar-refractivity contribution < 1.29 is 4.74 Å². The number of nitrogen functional groups attached to an aromatic ring is 1. The highest BCUT2D eigenvalue weighted by molar-refractivity contribution is 9.10. The van der Waals surface area contributed by atoms with Gasteiger partial charge in [-0.25, -0.2) is 0 Å². The molecular formula is C11H13BrN2O. The molecule has 0 bridgehead atoms. The van der Waals surface area contributed by atoms with Gasteiger partial charge in [0.25, 0.3) is 0 Å². The van der Waals surface area contributed by atoms with Gasteiger partial charge in [-0.05, 0) is 28.9 Å². The van der Waals surface area contributed by atoms with Gasteiger partial charge in [-0.3, -0.25) is 0 Å². The van der Waals surface area contributed by atoms with Crippen LogP contribution in [0.4, 0.5) is 5.69 Å². The van der Waals surface area contributed by atoms with E-state index in [1.807, 2.05) is 19.2 Å². The van der Waals surface area contributed by atoms with Gasteiger partial charge in [-0.15, -0.1) is 0 Å². The molecule has 2 aromatic rings. The van der Waals surface area contributed by atoms with E-state index in [9.17, 15) is 0 Å². The molecule has 0 saturated heterocycles. The van der Waals surface area contributed by atoms with Crippen LogP contribution in [-0.4, -0.2) is 11.7 Å². The van der Waals surface area contributed by atoms with Crippen LogP contribution in [0.15, 0.2) is 16.6 Å². The predicted octanol–water partition coefficient (Wildman–Crippen LogP) is 2.84. The monoisotopic (exact) mass is 268 g/mol. The maximum atomic E-state index is 5.87. The second-order valence-corrected chi connectivity index (χ2v) is 4.36. The molecule has 1 heterocycles. The zero-order valence-electron chi connectivity index (χ0n) is 8.97. The molecule has 0 spiro atoms. The van der Waals surface area contributed by atoms with Crippen LogP contribution in [0.5, 0.6) is 5.75 Å². The fourth-order valence-corrected chi connectivity index (χ4v) is 2.32. The van der Waals surface area contributed by atoms with Crippen LogP contribution in [-0.2, 0) is 7.05 Å². The average Bonchev–Trinajstić information content (AvgIpc) is 2.43. The van der Waals surface area contributed by atoms with Crippen LogP contribution in [0.25, 0.3) is 10.9 Å². The molecule has 0 saturated carbocycles. The first-order valence-corrected chi connectivity index (χ1v) is 5.43. The molecule has 0 fully saturated rings. The number of nitrogens with two attached hydrogens (primary N) is 1. The second kappa shape index (κ2) is 3.45. The molecule has 4 heteroatoms. The molecule has 1 aromatic carbocycles. The number of aryl methyl sites for hydroxylation is 1.